The van der Waals surface area contributed by atoms with Crippen LogP contribution in [0.3, 0.4) is 0 Å². The quantitative estimate of drug-likeness (QED) is 0.472. The number of nitrogens with one attached hydrogen (secondary N) is 4. The lowest BCUT2D eigenvalue weighted by atomic mass is 10.2. The summed E-state index contributed by atoms with van der Waals surface area (Å²) < 4.78 is 0. The van der Waals surface area contributed by atoms with Crippen LogP contribution in [0.5, 0.6) is 0 Å². The van der Waals surface area contributed by atoms with E-state index in [0.717, 1.165) is 12.8 Å². The van der Waals surface area contributed by atoms with E-state index in [9.17, 15) is 14.4 Å². The monoisotopic (exact) mass is 334 g/mol. The van der Waals surface area contributed by atoms with Crippen LogP contribution in [0.25, 0.3) is 0 Å². The molecule has 4 N–H and O–H groups in total. The first-order valence-corrected chi connectivity index (χ1v) is 7.70. The average molecular weight is 334 g/mol. The van der Waals surface area contributed by atoms with Gasteiger partial charge in [0.15, 0.2) is 5.11 Å². The van der Waals surface area contributed by atoms with E-state index in [0.29, 0.717) is 5.69 Å². The Hall–Kier alpha value is -2.48. The summed E-state index contributed by atoms with van der Waals surface area (Å²) in [6.07, 6.45) is 1.79. The molecule has 2 rings (SSSR count). The zero-order valence-electron chi connectivity index (χ0n) is 12.4. The number of hydrogen-bond donors (Lipinski definition) is 4. The highest BCUT2D eigenvalue weighted by molar-refractivity contribution is 7.80. The van der Waals surface area contributed by atoms with Crippen LogP contribution in [0.4, 0.5) is 5.69 Å². The van der Waals surface area contributed by atoms with Crippen LogP contribution in [-0.2, 0) is 14.4 Å². The number of carbonyl (C=O) groups is 3. The molecule has 3 amide bonds. The van der Waals surface area contributed by atoms with Crippen molar-refractivity contribution in [2.75, 3.05) is 5.32 Å². The molecule has 0 atom stereocenters. The molecule has 0 radical (unpaired) electrons. The van der Waals surface area contributed by atoms with Gasteiger partial charge in [0.05, 0.1) is 0 Å². The first-order valence-electron chi connectivity index (χ1n) is 7.29. The third kappa shape index (κ3) is 6.43. The Balaban J connectivity index is 1.59. The van der Waals surface area contributed by atoms with Gasteiger partial charge in [-0.1, -0.05) is 18.2 Å². The SMILES string of the molecule is O=C(CCC(=O)Nc1ccccc1)NNC(=S)NC(=O)C1CC1. The second-order valence-electron chi connectivity index (χ2n) is 5.18. The molecule has 0 saturated heterocycles. The Morgan fingerprint density at radius 2 is 1.65 bits per heavy atom. The van der Waals surface area contributed by atoms with Gasteiger partial charge in [-0.2, -0.15) is 0 Å². The van der Waals surface area contributed by atoms with Crippen LogP contribution >= 0.6 is 12.2 Å². The highest BCUT2D eigenvalue weighted by Crippen LogP contribution is 2.28. The van der Waals surface area contributed by atoms with E-state index in [2.05, 4.69) is 21.5 Å². The van der Waals surface area contributed by atoms with Crippen molar-refractivity contribution in [3.63, 3.8) is 0 Å². The van der Waals surface area contributed by atoms with Crippen molar-refractivity contribution in [2.45, 2.75) is 25.7 Å². The van der Waals surface area contributed by atoms with Gasteiger partial charge in [-0.15, -0.1) is 0 Å². The molecule has 1 saturated carbocycles. The van der Waals surface area contributed by atoms with Crippen molar-refractivity contribution in [1.82, 2.24) is 16.2 Å². The van der Waals surface area contributed by atoms with Gasteiger partial charge < -0.3 is 10.6 Å². The molecule has 8 heteroatoms. The molecule has 122 valence electrons. The second kappa shape index (κ2) is 8.23. The minimum atomic E-state index is -0.392. The van der Waals surface area contributed by atoms with Crippen molar-refractivity contribution >= 4 is 40.7 Å². The Morgan fingerprint density at radius 1 is 1.00 bits per heavy atom. The second-order valence-corrected chi connectivity index (χ2v) is 5.59. The third-order valence-electron chi connectivity index (χ3n) is 3.14. The van der Waals surface area contributed by atoms with Crippen LogP contribution < -0.4 is 21.5 Å². The van der Waals surface area contributed by atoms with Gasteiger partial charge >= 0.3 is 0 Å². The molecule has 0 aromatic heterocycles. The van der Waals surface area contributed by atoms with Gasteiger partial charge in [0.1, 0.15) is 0 Å². The van der Waals surface area contributed by atoms with Crippen LogP contribution in [0.2, 0.25) is 0 Å². The van der Waals surface area contributed by atoms with E-state index in [4.69, 9.17) is 12.2 Å². The molecular formula is C15H18N4O3S. The number of thiocarbonyl (C=S) groups is 1. The first kappa shape index (κ1) is 16.9. The maximum absolute atomic E-state index is 11.7. The van der Waals surface area contributed by atoms with Gasteiger partial charge in [-0.05, 0) is 37.2 Å². The van der Waals surface area contributed by atoms with Crippen molar-refractivity contribution in [1.29, 1.82) is 0 Å². The summed E-state index contributed by atoms with van der Waals surface area (Å²) >= 11 is 4.88. The highest BCUT2D eigenvalue weighted by atomic mass is 32.1. The molecule has 1 aromatic rings. The van der Waals surface area contributed by atoms with Gasteiger partial charge in [-0.3, -0.25) is 25.2 Å². The predicted octanol–water partition coefficient (Wildman–Crippen LogP) is 0.837. The largest absolute Gasteiger partial charge is 0.326 e. The topological polar surface area (TPSA) is 99.3 Å². The maximum atomic E-state index is 11.7. The van der Waals surface area contributed by atoms with E-state index in [-0.39, 0.29) is 35.7 Å². The molecule has 0 spiro atoms. The molecule has 0 unspecified atom stereocenters. The third-order valence-corrected chi connectivity index (χ3v) is 3.34. The van der Waals surface area contributed by atoms with Crippen LogP contribution in [0, 0.1) is 5.92 Å². The minimum Gasteiger partial charge on any atom is -0.326 e. The van der Waals surface area contributed by atoms with Crippen LogP contribution in [0.1, 0.15) is 25.7 Å². The number of rotatable bonds is 5. The Labute approximate surface area is 139 Å². The molecule has 1 aromatic carbocycles. The number of carbonyl (C=O) groups excluding carboxylic acids is 3. The fraction of sp³-hybridized carbons (Fsp3) is 0.333. The van der Waals surface area contributed by atoms with E-state index < -0.39 is 5.91 Å². The summed E-state index contributed by atoms with van der Waals surface area (Å²) in [5.74, 6) is -0.752. The van der Waals surface area contributed by atoms with E-state index in [1.54, 1.807) is 12.1 Å². The van der Waals surface area contributed by atoms with E-state index in [1.165, 1.54) is 0 Å². The van der Waals surface area contributed by atoms with Gasteiger partial charge in [0.25, 0.3) is 0 Å². The van der Waals surface area contributed by atoms with Crippen molar-refractivity contribution < 1.29 is 14.4 Å². The normalized spacial score (nSPS) is 12.9. The molecule has 7 nitrogen and oxygen atoms in total. The summed E-state index contributed by atoms with van der Waals surface area (Å²) in [6.45, 7) is 0. The molecule has 1 aliphatic carbocycles. The summed E-state index contributed by atoms with van der Waals surface area (Å²) in [6, 6.07) is 8.99. The maximum Gasteiger partial charge on any atom is 0.238 e. The first-order chi connectivity index (χ1) is 11.0. The van der Waals surface area contributed by atoms with Gasteiger partial charge in [0, 0.05) is 24.4 Å². The fourth-order valence-electron chi connectivity index (χ4n) is 1.75. The lowest BCUT2D eigenvalue weighted by molar-refractivity contribution is -0.124. The zero-order chi connectivity index (χ0) is 16.7. The number of hydrazine groups is 1. The molecule has 0 heterocycles. The Kier molecular flexibility index (Phi) is 6.04. The predicted molar refractivity (Wildman–Crippen MR) is 89.0 cm³/mol. The van der Waals surface area contributed by atoms with Crippen molar-refractivity contribution in [2.24, 2.45) is 5.92 Å². The highest BCUT2D eigenvalue weighted by Gasteiger charge is 2.30. The summed E-state index contributed by atoms with van der Waals surface area (Å²) in [4.78, 5) is 34.7. The summed E-state index contributed by atoms with van der Waals surface area (Å²) in [5, 5.41) is 5.21. The molecular weight excluding hydrogens is 316 g/mol. The molecule has 0 bridgehead atoms. The van der Waals surface area contributed by atoms with E-state index in [1.807, 2.05) is 18.2 Å². The summed E-state index contributed by atoms with van der Waals surface area (Å²) in [7, 11) is 0. The van der Waals surface area contributed by atoms with Gasteiger partial charge in [0.2, 0.25) is 17.7 Å². The Bertz CT molecular complexity index is 602. The number of amides is 3. The molecule has 0 aliphatic heterocycles. The fourth-order valence-corrected chi connectivity index (χ4v) is 1.90. The zero-order valence-corrected chi connectivity index (χ0v) is 13.2. The van der Waals surface area contributed by atoms with Crippen LogP contribution in [0.15, 0.2) is 30.3 Å². The number of benzene rings is 1. The van der Waals surface area contributed by atoms with Crippen molar-refractivity contribution in [3.05, 3.63) is 30.3 Å². The summed E-state index contributed by atoms with van der Waals surface area (Å²) in [5.41, 5.74) is 5.46. The van der Waals surface area contributed by atoms with Crippen LogP contribution in [-0.4, -0.2) is 22.8 Å². The molecule has 1 fully saturated rings. The van der Waals surface area contributed by atoms with E-state index >= 15 is 0 Å². The molecule has 23 heavy (non-hydrogen) atoms. The average Bonchev–Trinajstić information content (AvgIpc) is 3.37. The smallest absolute Gasteiger partial charge is 0.238 e. The number of hydrogen-bond acceptors (Lipinski definition) is 4. The number of para-hydroxylation sites is 1. The Morgan fingerprint density at radius 3 is 2.30 bits per heavy atom. The van der Waals surface area contributed by atoms with Crippen molar-refractivity contribution in [3.8, 4) is 0 Å². The lowest BCUT2D eigenvalue weighted by Crippen LogP contribution is -2.48. The van der Waals surface area contributed by atoms with Gasteiger partial charge in [-0.25, -0.2) is 0 Å². The standard InChI is InChI=1S/C15H18N4O3S/c20-12(16-11-4-2-1-3-5-11)8-9-13(21)18-19-15(23)17-14(22)10-6-7-10/h1-5,10H,6-9H2,(H,16,20)(H,18,21)(H2,17,19,22,23). The minimum absolute atomic E-state index is 0.00481. The number of anilines is 1. The lowest BCUT2D eigenvalue weighted by Gasteiger charge is -2.10. The molecule has 1 aliphatic rings.